The summed E-state index contributed by atoms with van der Waals surface area (Å²) >= 11 is 0. The van der Waals surface area contributed by atoms with E-state index in [1.165, 1.54) is 0 Å². The number of nitrogens with one attached hydrogen (secondary N) is 1. The van der Waals surface area contributed by atoms with E-state index in [1.807, 2.05) is 0 Å². The van der Waals surface area contributed by atoms with Crippen LogP contribution in [0.2, 0.25) is 0 Å². The van der Waals surface area contributed by atoms with Gasteiger partial charge in [0.15, 0.2) is 0 Å². The van der Waals surface area contributed by atoms with Gasteiger partial charge in [0.05, 0.1) is 29.2 Å². The van der Waals surface area contributed by atoms with Gasteiger partial charge in [0, 0.05) is 31.5 Å². The molecule has 2 heterocycles. The smallest absolute Gasteiger partial charge is 0.335 e. The minimum atomic E-state index is -0.936. The molecule has 124 valence electrons. The highest BCUT2D eigenvalue weighted by molar-refractivity contribution is 5.92. The highest BCUT2D eigenvalue weighted by Crippen LogP contribution is 2.50. The Hall–Kier alpha value is -2.43. The van der Waals surface area contributed by atoms with Crippen LogP contribution in [0, 0.1) is 16.7 Å². The van der Waals surface area contributed by atoms with Crippen molar-refractivity contribution in [3.63, 3.8) is 0 Å². The molecule has 2 aromatic rings. The zero-order chi connectivity index (χ0) is 16.7. The first-order valence-electron chi connectivity index (χ1n) is 8.18. The molecule has 7 heteroatoms. The lowest BCUT2D eigenvalue weighted by Gasteiger charge is -2.32. The summed E-state index contributed by atoms with van der Waals surface area (Å²) in [7, 11) is 0. The van der Waals surface area contributed by atoms with Gasteiger partial charge in [0.2, 0.25) is 0 Å². The number of aromatic carboxylic acids is 1. The van der Waals surface area contributed by atoms with E-state index in [4.69, 9.17) is 10.2 Å². The molecule has 0 bridgehead atoms. The molecule has 1 saturated heterocycles. The van der Waals surface area contributed by atoms with Gasteiger partial charge in [-0.05, 0) is 31.0 Å². The molecule has 1 aromatic heterocycles. The molecule has 2 aliphatic rings. The lowest BCUT2D eigenvalue weighted by Crippen LogP contribution is -2.53. The van der Waals surface area contributed by atoms with Crippen LogP contribution in [0.3, 0.4) is 0 Å². The Kier molecular flexibility index (Phi) is 3.52. The SMILES string of the molecule is N#CCC1(Cn2c(CN3CCN3)nc3ccc(C(=O)O)cc32)CC1. The standard InChI is InChI=1S/C17H19N5O2/c18-6-5-17(3-4-17)11-22-14-9-12(16(23)24)1-2-13(14)20-15(22)10-21-8-7-19-21/h1-2,9,19H,3-5,7-8,10-11H2,(H,23,24). The molecule has 0 atom stereocenters. The molecule has 4 rings (SSSR count). The van der Waals surface area contributed by atoms with Crippen molar-refractivity contribution in [2.45, 2.75) is 32.4 Å². The number of carbonyl (C=O) groups is 1. The van der Waals surface area contributed by atoms with E-state index < -0.39 is 5.97 Å². The fourth-order valence-corrected chi connectivity index (χ4v) is 3.25. The minimum absolute atomic E-state index is 0.0265. The van der Waals surface area contributed by atoms with Gasteiger partial charge in [0.1, 0.15) is 5.82 Å². The largest absolute Gasteiger partial charge is 0.478 e. The van der Waals surface area contributed by atoms with Crippen LogP contribution in [-0.2, 0) is 13.1 Å². The fraction of sp³-hybridized carbons (Fsp3) is 0.471. The van der Waals surface area contributed by atoms with Gasteiger partial charge in [-0.1, -0.05) is 0 Å². The van der Waals surface area contributed by atoms with Crippen molar-refractivity contribution in [3.05, 3.63) is 29.6 Å². The number of hydrazine groups is 1. The summed E-state index contributed by atoms with van der Waals surface area (Å²) in [6.45, 7) is 3.36. The predicted octanol–water partition coefficient (Wildman–Crippen LogP) is 1.75. The van der Waals surface area contributed by atoms with Crippen LogP contribution in [0.5, 0.6) is 0 Å². The molecule has 2 fully saturated rings. The number of carboxylic acids is 1. The quantitative estimate of drug-likeness (QED) is 0.840. The number of nitriles is 1. The van der Waals surface area contributed by atoms with Crippen molar-refractivity contribution in [1.82, 2.24) is 20.0 Å². The molecule has 2 N–H and O–H groups in total. The van der Waals surface area contributed by atoms with Crippen LogP contribution in [0.25, 0.3) is 11.0 Å². The second kappa shape index (κ2) is 5.58. The van der Waals surface area contributed by atoms with Crippen molar-refractivity contribution in [2.75, 3.05) is 13.1 Å². The molecule has 0 radical (unpaired) electrons. The van der Waals surface area contributed by atoms with Crippen molar-refractivity contribution in [1.29, 1.82) is 5.26 Å². The van der Waals surface area contributed by atoms with Crippen LogP contribution >= 0.6 is 0 Å². The maximum atomic E-state index is 11.3. The number of nitrogens with zero attached hydrogens (tertiary/aromatic N) is 4. The molecule has 0 unspecified atom stereocenters. The monoisotopic (exact) mass is 325 g/mol. The zero-order valence-corrected chi connectivity index (χ0v) is 13.3. The Balaban J connectivity index is 1.76. The molecular formula is C17H19N5O2. The third-order valence-electron chi connectivity index (χ3n) is 5.03. The molecular weight excluding hydrogens is 306 g/mol. The number of benzene rings is 1. The summed E-state index contributed by atoms with van der Waals surface area (Å²) in [5.41, 5.74) is 5.18. The first-order valence-corrected chi connectivity index (χ1v) is 8.18. The van der Waals surface area contributed by atoms with Crippen molar-refractivity contribution in [2.24, 2.45) is 5.41 Å². The molecule has 7 nitrogen and oxygen atoms in total. The van der Waals surface area contributed by atoms with Gasteiger partial charge in [-0.15, -0.1) is 0 Å². The van der Waals surface area contributed by atoms with Gasteiger partial charge in [-0.2, -0.15) is 5.26 Å². The summed E-state index contributed by atoms with van der Waals surface area (Å²) < 4.78 is 2.12. The van der Waals surface area contributed by atoms with E-state index in [9.17, 15) is 9.90 Å². The Morgan fingerprint density at radius 2 is 2.25 bits per heavy atom. The van der Waals surface area contributed by atoms with E-state index in [2.05, 4.69) is 21.1 Å². The van der Waals surface area contributed by atoms with E-state index >= 15 is 0 Å². The number of imidazole rings is 1. The van der Waals surface area contributed by atoms with Crippen molar-refractivity contribution >= 4 is 17.0 Å². The molecule has 1 aliphatic heterocycles. The summed E-state index contributed by atoms with van der Waals surface area (Å²) in [5.74, 6) is -0.0160. The minimum Gasteiger partial charge on any atom is -0.478 e. The Morgan fingerprint density at radius 1 is 1.46 bits per heavy atom. The maximum Gasteiger partial charge on any atom is 0.335 e. The maximum absolute atomic E-state index is 11.3. The van der Waals surface area contributed by atoms with E-state index in [1.54, 1.807) is 18.2 Å². The molecule has 24 heavy (non-hydrogen) atoms. The molecule has 0 spiro atoms. The highest BCUT2D eigenvalue weighted by atomic mass is 16.4. The summed E-state index contributed by atoms with van der Waals surface area (Å²) in [5, 5.41) is 20.5. The molecule has 1 aliphatic carbocycles. The second-order valence-corrected chi connectivity index (χ2v) is 6.79. The van der Waals surface area contributed by atoms with E-state index in [0.29, 0.717) is 13.0 Å². The number of aromatic nitrogens is 2. The van der Waals surface area contributed by atoms with Crippen molar-refractivity contribution < 1.29 is 9.90 Å². The normalized spacial score (nSPS) is 19.0. The van der Waals surface area contributed by atoms with Crippen LogP contribution in [0.15, 0.2) is 18.2 Å². The molecule has 1 saturated carbocycles. The first kappa shape index (κ1) is 15.1. The Labute approximate surface area is 139 Å². The number of hydrogen-bond donors (Lipinski definition) is 2. The summed E-state index contributed by atoms with van der Waals surface area (Å²) in [6, 6.07) is 7.35. The molecule has 1 aromatic carbocycles. The second-order valence-electron chi connectivity index (χ2n) is 6.79. The Bertz CT molecular complexity index is 843. The van der Waals surface area contributed by atoms with Crippen LogP contribution in [-0.4, -0.2) is 38.7 Å². The Morgan fingerprint density at radius 3 is 2.83 bits per heavy atom. The van der Waals surface area contributed by atoms with Crippen LogP contribution < -0.4 is 5.43 Å². The van der Waals surface area contributed by atoms with Crippen LogP contribution in [0.4, 0.5) is 0 Å². The predicted molar refractivity (Wildman–Crippen MR) is 87.0 cm³/mol. The van der Waals surface area contributed by atoms with Gasteiger partial charge in [-0.3, -0.25) is 5.43 Å². The topological polar surface area (TPSA) is 94.2 Å². The lowest BCUT2D eigenvalue weighted by atomic mass is 10.0. The van der Waals surface area contributed by atoms with Gasteiger partial charge >= 0.3 is 5.97 Å². The third kappa shape index (κ3) is 2.64. The summed E-state index contributed by atoms with van der Waals surface area (Å²) in [6.07, 6.45) is 2.62. The average Bonchev–Trinajstić information content (AvgIpc) is 3.19. The zero-order valence-electron chi connectivity index (χ0n) is 13.3. The number of carboxylic acid groups (broad SMARTS) is 1. The number of hydrogen-bond acceptors (Lipinski definition) is 5. The number of rotatable bonds is 6. The summed E-state index contributed by atoms with van der Waals surface area (Å²) in [4.78, 5) is 16.0. The van der Waals surface area contributed by atoms with E-state index in [-0.39, 0.29) is 11.0 Å². The molecule has 0 amide bonds. The number of fused-ring (bicyclic) bond motifs is 1. The van der Waals surface area contributed by atoms with Crippen LogP contribution in [0.1, 0.15) is 35.4 Å². The van der Waals surface area contributed by atoms with Gasteiger partial charge < -0.3 is 9.67 Å². The lowest BCUT2D eigenvalue weighted by molar-refractivity contribution is 0.0697. The third-order valence-corrected chi connectivity index (χ3v) is 5.03. The van der Waals surface area contributed by atoms with Gasteiger partial charge in [-0.25, -0.2) is 14.8 Å². The van der Waals surface area contributed by atoms with Gasteiger partial charge in [0.25, 0.3) is 0 Å². The fourth-order valence-electron chi connectivity index (χ4n) is 3.25. The van der Waals surface area contributed by atoms with Crippen molar-refractivity contribution in [3.8, 4) is 6.07 Å². The first-order chi connectivity index (χ1) is 11.6. The highest BCUT2D eigenvalue weighted by Gasteiger charge is 2.43. The van der Waals surface area contributed by atoms with E-state index in [0.717, 1.165) is 49.3 Å². The average molecular weight is 325 g/mol.